The third kappa shape index (κ3) is 3.50. The van der Waals surface area contributed by atoms with Gasteiger partial charge < -0.3 is 10.1 Å². The molecule has 0 radical (unpaired) electrons. The smallest absolute Gasteiger partial charge is 0.235 e. The van der Waals surface area contributed by atoms with Crippen molar-refractivity contribution < 1.29 is 17.9 Å². The maximum absolute atomic E-state index is 12.5. The van der Waals surface area contributed by atoms with E-state index in [-0.39, 0.29) is 17.8 Å². The number of hydrogen-bond donors (Lipinski definition) is 2. The Hall–Kier alpha value is -1.76. The lowest BCUT2D eigenvalue weighted by Gasteiger charge is -2.22. The highest BCUT2D eigenvalue weighted by molar-refractivity contribution is 7.93. The van der Waals surface area contributed by atoms with Gasteiger partial charge in [0.2, 0.25) is 15.9 Å². The van der Waals surface area contributed by atoms with Crippen LogP contribution in [0.25, 0.3) is 0 Å². The molecule has 1 amide bonds. The summed E-state index contributed by atoms with van der Waals surface area (Å²) in [7, 11) is -3.40. The molecule has 0 aromatic heterocycles. The van der Waals surface area contributed by atoms with E-state index < -0.39 is 15.4 Å². The van der Waals surface area contributed by atoms with Gasteiger partial charge in [-0.05, 0) is 38.8 Å². The molecule has 1 aromatic carbocycles. The van der Waals surface area contributed by atoms with E-state index in [1.165, 1.54) is 0 Å². The summed E-state index contributed by atoms with van der Waals surface area (Å²) in [5, 5.41) is 2.50. The van der Waals surface area contributed by atoms with Crippen LogP contribution in [0.3, 0.4) is 0 Å². The van der Waals surface area contributed by atoms with Gasteiger partial charge in [-0.3, -0.25) is 9.52 Å². The number of sulfonamides is 1. The number of fused-ring (bicyclic) bond motifs is 1. The van der Waals surface area contributed by atoms with Gasteiger partial charge in [-0.15, -0.1) is 0 Å². The molecule has 1 aliphatic carbocycles. The summed E-state index contributed by atoms with van der Waals surface area (Å²) < 4.78 is 33.4. The Morgan fingerprint density at radius 2 is 1.92 bits per heavy atom. The van der Waals surface area contributed by atoms with Crippen LogP contribution in [0.2, 0.25) is 0 Å². The molecular weight excluding hydrogens is 328 g/mol. The molecule has 0 spiro atoms. The van der Waals surface area contributed by atoms with Crippen molar-refractivity contribution in [3.63, 3.8) is 0 Å². The first-order valence-electron chi connectivity index (χ1n) is 8.38. The van der Waals surface area contributed by atoms with E-state index in [0.717, 1.165) is 19.3 Å². The maximum Gasteiger partial charge on any atom is 0.235 e. The van der Waals surface area contributed by atoms with Crippen LogP contribution in [-0.2, 0) is 14.8 Å². The average molecular weight is 352 g/mol. The van der Waals surface area contributed by atoms with Gasteiger partial charge in [0, 0.05) is 6.07 Å². The second kappa shape index (κ2) is 6.27. The van der Waals surface area contributed by atoms with Crippen LogP contribution in [0.1, 0.15) is 46.0 Å². The third-order valence-electron chi connectivity index (χ3n) is 4.68. The van der Waals surface area contributed by atoms with Crippen molar-refractivity contribution in [2.45, 2.75) is 51.2 Å². The minimum atomic E-state index is -3.40. The summed E-state index contributed by atoms with van der Waals surface area (Å²) in [4.78, 5) is 12.1. The molecule has 2 N–H and O–H groups in total. The predicted molar refractivity (Wildman–Crippen MR) is 93.8 cm³/mol. The van der Waals surface area contributed by atoms with Crippen molar-refractivity contribution in [1.82, 2.24) is 0 Å². The average Bonchev–Trinajstić information content (AvgIpc) is 2.65. The van der Waals surface area contributed by atoms with Crippen molar-refractivity contribution in [2.75, 3.05) is 16.6 Å². The maximum atomic E-state index is 12.5. The summed E-state index contributed by atoms with van der Waals surface area (Å²) in [6.07, 6.45) is 4.44. The zero-order valence-electron chi connectivity index (χ0n) is 14.1. The van der Waals surface area contributed by atoms with E-state index in [9.17, 15) is 13.2 Å². The normalized spacial score (nSPS) is 21.2. The molecule has 3 rings (SSSR count). The number of amides is 1. The summed E-state index contributed by atoms with van der Waals surface area (Å²) in [5.41, 5.74) is 0.389. The highest BCUT2D eigenvalue weighted by Crippen LogP contribution is 2.35. The molecule has 0 saturated heterocycles. The fourth-order valence-electron chi connectivity index (χ4n) is 3.05. The van der Waals surface area contributed by atoms with E-state index in [0.29, 0.717) is 30.0 Å². The quantitative estimate of drug-likeness (QED) is 0.875. The van der Waals surface area contributed by atoms with Gasteiger partial charge in [-0.2, -0.15) is 0 Å². The fourth-order valence-corrected chi connectivity index (χ4v) is 4.62. The molecule has 0 atom stereocenters. The molecule has 24 heavy (non-hydrogen) atoms. The van der Waals surface area contributed by atoms with Gasteiger partial charge in [-0.1, -0.05) is 19.3 Å². The van der Waals surface area contributed by atoms with Crippen LogP contribution in [0.15, 0.2) is 18.2 Å². The number of anilines is 2. The number of carbonyl (C=O) groups excluding carboxylic acids is 1. The molecule has 6 nitrogen and oxygen atoms in total. The van der Waals surface area contributed by atoms with E-state index in [1.807, 2.05) is 0 Å². The first-order chi connectivity index (χ1) is 11.3. The number of benzene rings is 1. The van der Waals surface area contributed by atoms with Crippen molar-refractivity contribution in [1.29, 1.82) is 0 Å². The molecule has 1 fully saturated rings. The van der Waals surface area contributed by atoms with Gasteiger partial charge in [0.15, 0.2) is 0 Å². The number of ether oxygens (including phenoxy) is 1. The Kier molecular flexibility index (Phi) is 4.46. The Labute approximate surface area is 143 Å². The van der Waals surface area contributed by atoms with Crippen LogP contribution in [-0.4, -0.2) is 26.2 Å². The van der Waals surface area contributed by atoms with Crippen molar-refractivity contribution >= 4 is 27.3 Å². The lowest BCUT2D eigenvalue weighted by molar-refractivity contribution is -0.124. The molecule has 132 valence electrons. The molecule has 1 aliphatic heterocycles. The second-order valence-electron chi connectivity index (χ2n) is 7.24. The molecule has 1 heterocycles. The Morgan fingerprint density at radius 3 is 2.62 bits per heavy atom. The van der Waals surface area contributed by atoms with Crippen LogP contribution >= 0.6 is 0 Å². The lowest BCUT2D eigenvalue weighted by atomic mass is 9.94. The van der Waals surface area contributed by atoms with Gasteiger partial charge in [0.25, 0.3) is 0 Å². The van der Waals surface area contributed by atoms with Gasteiger partial charge in [-0.25, -0.2) is 8.42 Å². The largest absolute Gasteiger partial charge is 0.490 e. The van der Waals surface area contributed by atoms with Gasteiger partial charge >= 0.3 is 0 Å². The van der Waals surface area contributed by atoms with Gasteiger partial charge in [0.05, 0.1) is 22.0 Å². The van der Waals surface area contributed by atoms with Crippen molar-refractivity contribution in [3.05, 3.63) is 18.2 Å². The third-order valence-corrected chi connectivity index (χ3v) is 6.55. The molecular formula is C17H24N2O4S. The topological polar surface area (TPSA) is 84.5 Å². The molecule has 7 heteroatoms. The molecule has 0 bridgehead atoms. The number of carbonyl (C=O) groups is 1. The minimum absolute atomic E-state index is 0.114. The van der Waals surface area contributed by atoms with Crippen LogP contribution < -0.4 is 14.8 Å². The van der Waals surface area contributed by atoms with E-state index in [2.05, 4.69) is 10.0 Å². The summed E-state index contributed by atoms with van der Waals surface area (Å²) in [6, 6.07) is 4.96. The van der Waals surface area contributed by atoms with Crippen molar-refractivity contribution in [3.8, 4) is 5.75 Å². The van der Waals surface area contributed by atoms with E-state index in [4.69, 9.17) is 4.74 Å². The highest BCUT2D eigenvalue weighted by Gasteiger charge is 2.33. The monoisotopic (exact) mass is 352 g/mol. The first-order valence-corrected chi connectivity index (χ1v) is 9.92. The van der Waals surface area contributed by atoms with E-state index >= 15 is 0 Å². The zero-order chi connectivity index (χ0) is 17.4. The lowest BCUT2D eigenvalue weighted by Crippen LogP contribution is -2.33. The van der Waals surface area contributed by atoms with Gasteiger partial charge in [0.1, 0.15) is 12.4 Å². The van der Waals surface area contributed by atoms with Crippen LogP contribution in [0.5, 0.6) is 5.75 Å². The number of rotatable bonds is 3. The molecule has 1 aromatic rings. The minimum Gasteiger partial charge on any atom is -0.490 e. The Balaban J connectivity index is 1.80. The molecule has 0 unspecified atom stereocenters. The zero-order valence-corrected chi connectivity index (χ0v) is 14.9. The highest BCUT2D eigenvalue weighted by atomic mass is 32.2. The Bertz CT molecular complexity index is 737. The number of hydrogen-bond acceptors (Lipinski definition) is 4. The fraction of sp³-hybridized carbons (Fsp3) is 0.588. The molecule has 2 aliphatic rings. The summed E-state index contributed by atoms with van der Waals surface area (Å²) in [6.45, 7) is 3.85. The SMILES string of the molecule is CC1(C)COc2cc(NS(=O)(=O)C3CCCCC3)ccc2NC1=O. The second-order valence-corrected chi connectivity index (χ2v) is 9.21. The predicted octanol–water partition coefficient (Wildman–Crippen LogP) is 3.12. The summed E-state index contributed by atoms with van der Waals surface area (Å²) in [5.74, 6) is 0.370. The van der Waals surface area contributed by atoms with Crippen molar-refractivity contribution in [2.24, 2.45) is 5.41 Å². The van der Waals surface area contributed by atoms with Crippen LogP contribution in [0, 0.1) is 5.41 Å². The first kappa shape index (κ1) is 17.1. The standard InChI is InChI=1S/C17H24N2O4S/c1-17(2)11-23-15-10-12(8-9-14(15)18-16(17)20)19-24(21,22)13-6-4-3-5-7-13/h8-10,13,19H,3-7,11H2,1-2H3,(H,18,20). The Morgan fingerprint density at radius 1 is 1.21 bits per heavy atom. The van der Waals surface area contributed by atoms with Crippen LogP contribution in [0.4, 0.5) is 11.4 Å². The molecule has 1 saturated carbocycles. The van der Waals surface area contributed by atoms with E-state index in [1.54, 1.807) is 32.0 Å². The number of nitrogens with one attached hydrogen (secondary N) is 2. The summed E-state index contributed by atoms with van der Waals surface area (Å²) >= 11 is 0.